The summed E-state index contributed by atoms with van der Waals surface area (Å²) in [6.45, 7) is 2.75. The van der Waals surface area contributed by atoms with E-state index in [9.17, 15) is 14.4 Å². The van der Waals surface area contributed by atoms with Crippen molar-refractivity contribution in [1.82, 2.24) is 4.98 Å². The molecule has 0 spiro atoms. The van der Waals surface area contributed by atoms with Crippen molar-refractivity contribution in [3.05, 3.63) is 34.3 Å². The van der Waals surface area contributed by atoms with E-state index in [1.165, 1.54) is 32.4 Å². The monoisotopic (exact) mass is 397 g/mol. The summed E-state index contributed by atoms with van der Waals surface area (Å²) in [6.07, 6.45) is -1.09. The van der Waals surface area contributed by atoms with Crippen molar-refractivity contribution in [3.63, 3.8) is 0 Å². The highest BCUT2D eigenvalue weighted by Crippen LogP contribution is 2.28. The summed E-state index contributed by atoms with van der Waals surface area (Å²) < 4.78 is 10.2. The van der Waals surface area contributed by atoms with Crippen LogP contribution in [0.2, 0.25) is 5.02 Å². The molecule has 0 aliphatic rings. The topological polar surface area (TPSA) is 107 Å². The number of anilines is 2. The first kappa shape index (κ1) is 19.7. The zero-order chi connectivity index (χ0) is 19.3. The maximum atomic E-state index is 12.2. The van der Waals surface area contributed by atoms with Crippen LogP contribution in [0.4, 0.5) is 10.8 Å². The van der Waals surface area contributed by atoms with Crippen LogP contribution in [0, 0.1) is 0 Å². The summed E-state index contributed by atoms with van der Waals surface area (Å²) >= 11 is 6.99. The molecule has 0 bridgehead atoms. The Labute approximate surface area is 158 Å². The van der Waals surface area contributed by atoms with Gasteiger partial charge in [0.05, 0.1) is 12.8 Å². The molecular formula is C16H16ClN3O5S. The van der Waals surface area contributed by atoms with E-state index in [1.807, 2.05) is 0 Å². The third-order valence-corrected chi connectivity index (χ3v) is 4.06. The summed E-state index contributed by atoms with van der Waals surface area (Å²) in [5.41, 5.74) is 0.355. The van der Waals surface area contributed by atoms with Crippen LogP contribution in [0.1, 0.15) is 24.3 Å². The molecular weight excluding hydrogens is 382 g/mol. The number of thiazole rings is 1. The first-order valence-electron chi connectivity index (χ1n) is 7.38. The molecule has 0 radical (unpaired) electrons. The van der Waals surface area contributed by atoms with Gasteiger partial charge in [0.1, 0.15) is 5.75 Å². The van der Waals surface area contributed by atoms with E-state index in [2.05, 4.69) is 15.6 Å². The van der Waals surface area contributed by atoms with Crippen molar-refractivity contribution in [2.75, 3.05) is 17.7 Å². The summed E-state index contributed by atoms with van der Waals surface area (Å²) in [5, 5.41) is 7.16. The molecule has 2 rings (SSSR count). The van der Waals surface area contributed by atoms with Crippen molar-refractivity contribution in [2.45, 2.75) is 20.0 Å². The number of carbonyl (C=O) groups is 3. The Bertz CT molecular complexity index is 839. The molecule has 138 valence electrons. The SMILES string of the molecule is COc1ccc(Cl)cc1NC(=O)C(C)OC(=O)c1csc(NC(C)=O)n1. The summed E-state index contributed by atoms with van der Waals surface area (Å²) in [7, 11) is 1.46. The molecule has 26 heavy (non-hydrogen) atoms. The number of benzene rings is 1. The van der Waals surface area contributed by atoms with Gasteiger partial charge in [-0.2, -0.15) is 0 Å². The quantitative estimate of drug-likeness (QED) is 0.726. The zero-order valence-corrected chi connectivity index (χ0v) is 15.7. The number of amides is 2. The molecule has 1 unspecified atom stereocenters. The standard InChI is InChI=1S/C16H16ClN3O5S/c1-8(14(22)19-11-6-10(17)4-5-13(11)24-3)25-15(23)12-7-26-16(20-12)18-9(2)21/h4-8H,1-3H3,(H,19,22)(H,18,20,21). The van der Waals surface area contributed by atoms with Gasteiger partial charge < -0.3 is 20.1 Å². The van der Waals surface area contributed by atoms with Gasteiger partial charge in [0.2, 0.25) is 5.91 Å². The molecule has 1 aromatic heterocycles. The fourth-order valence-corrected chi connectivity index (χ4v) is 2.76. The largest absolute Gasteiger partial charge is 0.495 e. The molecule has 2 aromatic rings. The van der Waals surface area contributed by atoms with Crippen LogP contribution in [0.3, 0.4) is 0 Å². The van der Waals surface area contributed by atoms with Gasteiger partial charge in [-0.15, -0.1) is 11.3 Å². The number of halogens is 1. The Morgan fingerprint density at radius 3 is 2.65 bits per heavy atom. The predicted octanol–water partition coefficient (Wildman–Crippen LogP) is 2.95. The van der Waals surface area contributed by atoms with Gasteiger partial charge in [-0.3, -0.25) is 9.59 Å². The lowest BCUT2D eigenvalue weighted by atomic mass is 10.2. The highest BCUT2D eigenvalue weighted by molar-refractivity contribution is 7.14. The van der Waals surface area contributed by atoms with Crippen molar-refractivity contribution >= 4 is 51.5 Å². The van der Waals surface area contributed by atoms with Crippen molar-refractivity contribution in [3.8, 4) is 5.75 Å². The van der Waals surface area contributed by atoms with Crippen LogP contribution >= 0.6 is 22.9 Å². The van der Waals surface area contributed by atoms with E-state index in [-0.39, 0.29) is 16.7 Å². The van der Waals surface area contributed by atoms with Gasteiger partial charge >= 0.3 is 5.97 Å². The number of aromatic nitrogens is 1. The first-order valence-corrected chi connectivity index (χ1v) is 8.64. The molecule has 2 amide bonds. The molecule has 0 saturated heterocycles. The average Bonchev–Trinajstić information content (AvgIpc) is 3.02. The van der Waals surface area contributed by atoms with E-state index in [1.54, 1.807) is 12.1 Å². The van der Waals surface area contributed by atoms with Crippen LogP contribution in [-0.2, 0) is 14.3 Å². The molecule has 0 aliphatic heterocycles. The number of carbonyl (C=O) groups excluding carboxylic acids is 3. The maximum absolute atomic E-state index is 12.2. The molecule has 0 saturated carbocycles. The highest BCUT2D eigenvalue weighted by Gasteiger charge is 2.22. The van der Waals surface area contributed by atoms with Gasteiger partial charge in [0.25, 0.3) is 5.91 Å². The molecule has 0 aliphatic carbocycles. The fourth-order valence-electron chi connectivity index (χ4n) is 1.86. The van der Waals surface area contributed by atoms with E-state index >= 15 is 0 Å². The zero-order valence-electron chi connectivity index (χ0n) is 14.2. The summed E-state index contributed by atoms with van der Waals surface area (Å²) in [5.74, 6) is -1.22. The second kappa shape index (κ2) is 8.63. The number of hydrogen-bond acceptors (Lipinski definition) is 7. The number of ether oxygens (including phenoxy) is 2. The van der Waals surface area contributed by atoms with Crippen LogP contribution in [0.25, 0.3) is 0 Å². The maximum Gasteiger partial charge on any atom is 0.358 e. The van der Waals surface area contributed by atoms with E-state index in [4.69, 9.17) is 21.1 Å². The van der Waals surface area contributed by atoms with Crippen LogP contribution < -0.4 is 15.4 Å². The predicted molar refractivity (Wildman–Crippen MR) is 97.9 cm³/mol. The van der Waals surface area contributed by atoms with Gasteiger partial charge in [-0.05, 0) is 25.1 Å². The molecule has 0 fully saturated rings. The molecule has 1 atom stereocenters. The molecule has 8 nitrogen and oxygen atoms in total. The fraction of sp³-hybridized carbons (Fsp3) is 0.250. The third-order valence-electron chi connectivity index (χ3n) is 3.07. The summed E-state index contributed by atoms with van der Waals surface area (Å²) in [4.78, 5) is 39.2. The van der Waals surface area contributed by atoms with Crippen LogP contribution in [-0.4, -0.2) is 36.0 Å². The minimum absolute atomic E-state index is 0.00117. The number of nitrogens with zero attached hydrogens (tertiary/aromatic N) is 1. The highest BCUT2D eigenvalue weighted by atomic mass is 35.5. The van der Waals surface area contributed by atoms with Gasteiger partial charge in [-0.25, -0.2) is 9.78 Å². The van der Waals surface area contributed by atoms with Gasteiger partial charge in [-0.1, -0.05) is 11.6 Å². The lowest BCUT2D eigenvalue weighted by Crippen LogP contribution is -2.30. The minimum atomic E-state index is -1.09. The molecule has 10 heteroatoms. The number of hydrogen-bond donors (Lipinski definition) is 2. The van der Waals surface area contributed by atoms with E-state index < -0.39 is 18.0 Å². The Balaban J connectivity index is 2.00. The van der Waals surface area contributed by atoms with Crippen molar-refractivity contribution < 1.29 is 23.9 Å². The number of rotatable bonds is 6. The van der Waals surface area contributed by atoms with Crippen molar-refractivity contribution in [2.24, 2.45) is 0 Å². The molecule has 2 N–H and O–H groups in total. The Morgan fingerprint density at radius 1 is 1.27 bits per heavy atom. The third kappa shape index (κ3) is 5.17. The molecule has 1 heterocycles. The van der Waals surface area contributed by atoms with Gasteiger partial charge in [0, 0.05) is 17.3 Å². The first-order chi connectivity index (χ1) is 12.3. The van der Waals surface area contributed by atoms with Crippen LogP contribution in [0.5, 0.6) is 5.75 Å². The smallest absolute Gasteiger partial charge is 0.358 e. The second-order valence-electron chi connectivity index (χ2n) is 5.10. The van der Waals surface area contributed by atoms with E-state index in [0.717, 1.165) is 11.3 Å². The normalized spacial score (nSPS) is 11.4. The minimum Gasteiger partial charge on any atom is -0.495 e. The van der Waals surface area contributed by atoms with Gasteiger partial charge in [0.15, 0.2) is 16.9 Å². The Kier molecular flexibility index (Phi) is 6.53. The van der Waals surface area contributed by atoms with Crippen LogP contribution in [0.15, 0.2) is 23.6 Å². The molecule has 1 aromatic carbocycles. The van der Waals surface area contributed by atoms with E-state index in [0.29, 0.717) is 16.5 Å². The Morgan fingerprint density at radius 2 is 2.00 bits per heavy atom. The Hall–Kier alpha value is -2.65. The number of nitrogens with one attached hydrogen (secondary N) is 2. The number of methoxy groups -OCH3 is 1. The lowest BCUT2D eigenvalue weighted by molar-refractivity contribution is -0.123. The summed E-state index contributed by atoms with van der Waals surface area (Å²) in [6, 6.07) is 4.74. The number of esters is 1. The average molecular weight is 398 g/mol. The lowest BCUT2D eigenvalue weighted by Gasteiger charge is -2.15. The second-order valence-corrected chi connectivity index (χ2v) is 6.40. The van der Waals surface area contributed by atoms with Crippen molar-refractivity contribution in [1.29, 1.82) is 0 Å².